The lowest BCUT2D eigenvalue weighted by atomic mass is 9.67. The minimum Gasteiger partial charge on any atom is -0.508 e. The van der Waals surface area contributed by atoms with Gasteiger partial charge in [-0.05, 0) is 82.1 Å². The van der Waals surface area contributed by atoms with Gasteiger partial charge in [-0.25, -0.2) is 0 Å². The van der Waals surface area contributed by atoms with Crippen molar-refractivity contribution in [2.24, 2.45) is 0 Å². The number of benzene rings is 2. The molecule has 0 bridgehead atoms. The molecule has 0 unspecified atom stereocenters. The lowest BCUT2D eigenvalue weighted by molar-refractivity contribution is 0.472. The number of hydrogen-bond acceptors (Lipinski definition) is 4. The van der Waals surface area contributed by atoms with Crippen LogP contribution in [0.3, 0.4) is 0 Å². The Balaban J connectivity index is 1.93. The van der Waals surface area contributed by atoms with Crippen LogP contribution in [0.15, 0.2) is 84.8 Å². The van der Waals surface area contributed by atoms with E-state index in [4.69, 9.17) is 0 Å². The minimum atomic E-state index is -0.622. The zero-order valence-electron chi connectivity index (χ0n) is 15.5. The Labute approximate surface area is 163 Å². The molecule has 138 valence electrons. The van der Waals surface area contributed by atoms with Gasteiger partial charge in [0.25, 0.3) is 0 Å². The number of likely N-dealkylation sites (N-methyl/N-ethyl adjacent to an activating group) is 1. The second-order valence-electron chi connectivity index (χ2n) is 7.36. The van der Waals surface area contributed by atoms with Crippen molar-refractivity contribution in [1.82, 2.24) is 9.88 Å². The molecule has 5 rings (SSSR count). The van der Waals surface area contributed by atoms with Crippen LogP contribution in [-0.4, -0.2) is 33.7 Å². The highest BCUT2D eigenvalue weighted by molar-refractivity contribution is 5.87. The van der Waals surface area contributed by atoms with Gasteiger partial charge in [0.15, 0.2) is 0 Å². The fourth-order valence-electron chi connectivity index (χ4n) is 4.55. The highest BCUT2D eigenvalue weighted by Gasteiger charge is 2.47. The molecule has 0 saturated heterocycles. The Morgan fingerprint density at radius 1 is 0.893 bits per heavy atom. The molecule has 1 aromatic heterocycles. The fraction of sp³-hybridized carbons (Fsp3) is 0.125. The molecule has 28 heavy (non-hydrogen) atoms. The number of rotatable bonds is 2. The molecule has 3 aromatic rings. The first-order valence-electron chi connectivity index (χ1n) is 9.27. The third kappa shape index (κ3) is 2.21. The fourth-order valence-corrected chi connectivity index (χ4v) is 4.55. The van der Waals surface area contributed by atoms with Crippen molar-refractivity contribution >= 4 is 0 Å². The summed E-state index contributed by atoms with van der Waals surface area (Å²) >= 11 is 0. The Bertz CT molecular complexity index is 1080. The van der Waals surface area contributed by atoms with Crippen molar-refractivity contribution in [3.8, 4) is 22.6 Å². The highest BCUT2D eigenvalue weighted by atomic mass is 16.3. The molecule has 4 heteroatoms. The summed E-state index contributed by atoms with van der Waals surface area (Å²) in [4.78, 5) is 6.32. The summed E-state index contributed by atoms with van der Waals surface area (Å²) < 4.78 is 0. The van der Waals surface area contributed by atoms with E-state index >= 15 is 0 Å². The highest BCUT2D eigenvalue weighted by Crippen LogP contribution is 2.57. The Kier molecular flexibility index (Phi) is 3.56. The predicted molar refractivity (Wildman–Crippen MR) is 109 cm³/mol. The maximum atomic E-state index is 10.3. The SMILES string of the molecule is CN1C=CC(C2(c3ccncc3)c3cc(O)ccc3-c3ccc(O)cc32)=CC1. The minimum absolute atomic E-state index is 0.228. The number of allylic oxidation sites excluding steroid dienone is 2. The summed E-state index contributed by atoms with van der Waals surface area (Å²) in [5.74, 6) is 0.457. The van der Waals surface area contributed by atoms with Crippen LogP contribution in [0.4, 0.5) is 0 Å². The van der Waals surface area contributed by atoms with E-state index in [2.05, 4.69) is 28.2 Å². The summed E-state index contributed by atoms with van der Waals surface area (Å²) in [5, 5.41) is 20.7. The lowest BCUT2D eigenvalue weighted by Crippen LogP contribution is -2.31. The van der Waals surface area contributed by atoms with Crippen LogP contribution in [-0.2, 0) is 5.41 Å². The number of hydrogen-bond donors (Lipinski definition) is 2. The number of fused-ring (bicyclic) bond motifs is 3. The molecular weight excluding hydrogens is 348 g/mol. The Hall–Kier alpha value is -3.53. The number of phenolic OH excluding ortho intramolecular Hbond substituents is 2. The second kappa shape index (κ2) is 5.99. The van der Waals surface area contributed by atoms with Crippen molar-refractivity contribution in [3.05, 3.63) is 102 Å². The van der Waals surface area contributed by atoms with Gasteiger partial charge in [-0.3, -0.25) is 4.98 Å². The first kappa shape index (κ1) is 16.6. The second-order valence-corrected chi connectivity index (χ2v) is 7.36. The van der Waals surface area contributed by atoms with E-state index < -0.39 is 5.41 Å². The van der Waals surface area contributed by atoms with Gasteiger partial charge in [0.05, 0.1) is 5.41 Å². The molecule has 0 amide bonds. The van der Waals surface area contributed by atoms with Crippen LogP contribution in [0.5, 0.6) is 11.5 Å². The van der Waals surface area contributed by atoms with Gasteiger partial charge >= 0.3 is 0 Å². The third-order valence-corrected chi connectivity index (χ3v) is 5.76. The molecule has 0 fully saturated rings. The van der Waals surface area contributed by atoms with Crippen molar-refractivity contribution in [2.75, 3.05) is 13.6 Å². The molecule has 1 aliphatic heterocycles. The van der Waals surface area contributed by atoms with Gasteiger partial charge in [0, 0.05) is 26.0 Å². The van der Waals surface area contributed by atoms with Crippen LogP contribution in [0, 0.1) is 0 Å². The van der Waals surface area contributed by atoms with E-state index in [0.29, 0.717) is 0 Å². The molecule has 0 saturated carbocycles. The molecule has 0 atom stereocenters. The average molecular weight is 368 g/mol. The maximum Gasteiger partial charge on any atom is 0.115 e. The van der Waals surface area contributed by atoms with Crippen LogP contribution in [0.1, 0.15) is 16.7 Å². The van der Waals surface area contributed by atoms with E-state index in [-0.39, 0.29) is 11.5 Å². The summed E-state index contributed by atoms with van der Waals surface area (Å²) in [6.07, 6.45) is 9.99. The summed E-state index contributed by atoms with van der Waals surface area (Å²) in [5.41, 5.74) is 5.71. The third-order valence-electron chi connectivity index (χ3n) is 5.76. The van der Waals surface area contributed by atoms with E-state index in [1.54, 1.807) is 24.5 Å². The van der Waals surface area contributed by atoms with Crippen LogP contribution < -0.4 is 0 Å². The molecule has 0 radical (unpaired) electrons. The monoisotopic (exact) mass is 368 g/mol. The molecule has 2 aliphatic rings. The molecule has 2 heterocycles. The zero-order chi connectivity index (χ0) is 19.3. The summed E-state index contributed by atoms with van der Waals surface area (Å²) in [6.45, 7) is 0.793. The molecule has 1 aliphatic carbocycles. The van der Waals surface area contributed by atoms with Crippen molar-refractivity contribution in [1.29, 1.82) is 0 Å². The van der Waals surface area contributed by atoms with E-state index in [1.807, 2.05) is 43.4 Å². The predicted octanol–water partition coefficient (Wildman–Crippen LogP) is 4.19. The average Bonchev–Trinajstić information content (AvgIpc) is 2.99. The summed E-state index contributed by atoms with van der Waals surface area (Å²) in [7, 11) is 2.04. The van der Waals surface area contributed by atoms with Gasteiger partial charge in [0.1, 0.15) is 11.5 Å². The number of aromatic nitrogens is 1. The Morgan fingerprint density at radius 2 is 1.50 bits per heavy atom. The summed E-state index contributed by atoms with van der Waals surface area (Å²) in [6, 6.07) is 15.1. The first-order chi connectivity index (χ1) is 13.6. The maximum absolute atomic E-state index is 10.3. The van der Waals surface area contributed by atoms with Gasteiger partial charge < -0.3 is 15.1 Å². The lowest BCUT2D eigenvalue weighted by Gasteiger charge is -2.36. The van der Waals surface area contributed by atoms with Gasteiger partial charge in [-0.15, -0.1) is 0 Å². The van der Waals surface area contributed by atoms with Gasteiger partial charge in [-0.1, -0.05) is 18.2 Å². The first-order valence-corrected chi connectivity index (χ1v) is 9.27. The van der Waals surface area contributed by atoms with Crippen LogP contribution >= 0.6 is 0 Å². The number of pyridine rings is 1. The van der Waals surface area contributed by atoms with E-state index in [0.717, 1.165) is 39.9 Å². The molecule has 0 spiro atoms. The topological polar surface area (TPSA) is 56.6 Å². The molecular formula is C24H20N2O2. The quantitative estimate of drug-likeness (QED) is 0.712. The largest absolute Gasteiger partial charge is 0.508 e. The molecule has 2 aromatic carbocycles. The van der Waals surface area contributed by atoms with Crippen molar-refractivity contribution in [2.45, 2.75) is 5.41 Å². The van der Waals surface area contributed by atoms with Crippen molar-refractivity contribution in [3.63, 3.8) is 0 Å². The Morgan fingerprint density at radius 3 is 2.04 bits per heavy atom. The van der Waals surface area contributed by atoms with E-state index in [1.165, 1.54) is 0 Å². The smallest absolute Gasteiger partial charge is 0.115 e. The zero-order valence-corrected chi connectivity index (χ0v) is 15.5. The standard InChI is InChI=1S/C24H20N2O2/c1-26-12-8-17(9-13-26)24(16-6-10-25-11-7-16)22-14-18(27)2-4-20(22)21-5-3-19(28)15-23(21)24/h2-12,14-15,27-28H,13H2,1H3. The van der Waals surface area contributed by atoms with E-state index in [9.17, 15) is 10.2 Å². The number of nitrogens with zero attached hydrogens (tertiary/aromatic N) is 2. The van der Waals surface area contributed by atoms with Crippen molar-refractivity contribution < 1.29 is 10.2 Å². The van der Waals surface area contributed by atoms with Gasteiger partial charge in [-0.2, -0.15) is 0 Å². The van der Waals surface area contributed by atoms with Gasteiger partial charge in [0.2, 0.25) is 0 Å². The molecule has 2 N–H and O–H groups in total. The van der Waals surface area contributed by atoms with Crippen LogP contribution in [0.2, 0.25) is 0 Å². The van der Waals surface area contributed by atoms with Crippen LogP contribution in [0.25, 0.3) is 11.1 Å². The normalized spacial score (nSPS) is 16.5. The number of phenols is 2. The molecule has 4 nitrogen and oxygen atoms in total. The number of aromatic hydroxyl groups is 2.